The van der Waals surface area contributed by atoms with Crippen LogP contribution >= 0.6 is 34.9 Å². The summed E-state index contributed by atoms with van der Waals surface area (Å²) in [6.45, 7) is -1.11. The molecule has 1 amide bonds. The highest BCUT2D eigenvalue weighted by atomic mass is 79.9. The Morgan fingerprint density at radius 2 is 1.86 bits per heavy atom. The van der Waals surface area contributed by atoms with Crippen LogP contribution in [0.3, 0.4) is 0 Å². The Hall–Kier alpha value is -1.34. The number of amides is 1. The lowest BCUT2D eigenvalue weighted by molar-refractivity contribution is -0.148. The highest BCUT2D eigenvalue weighted by Gasteiger charge is 2.53. The molecule has 0 saturated heterocycles. The Bertz CT molecular complexity index is 991. The van der Waals surface area contributed by atoms with E-state index in [1.165, 1.54) is 0 Å². The number of rotatable bonds is 7. The number of hydrogen-bond donors (Lipinski definition) is 3. The molecule has 1 unspecified atom stereocenters. The van der Waals surface area contributed by atoms with Crippen LogP contribution in [0.2, 0.25) is 0 Å². The third-order valence-corrected chi connectivity index (χ3v) is 6.97. The van der Waals surface area contributed by atoms with Gasteiger partial charge in [0, 0.05) is 15.4 Å². The lowest BCUT2D eigenvalue weighted by atomic mass is 10.1. The number of hydrogen-bond acceptors (Lipinski definition) is 4. The number of nitrogens with two attached hydrogens (primary N) is 1. The highest BCUT2D eigenvalue weighted by molar-refractivity contribution is 9.10. The smallest absolute Gasteiger partial charge is 0.400 e. The molecule has 0 aliphatic carbocycles. The van der Waals surface area contributed by atoms with Gasteiger partial charge in [0.15, 0.2) is 0 Å². The second-order valence-electron chi connectivity index (χ2n) is 5.77. The maximum atomic E-state index is 14.2. The van der Waals surface area contributed by atoms with E-state index in [9.17, 15) is 35.7 Å². The van der Waals surface area contributed by atoms with Gasteiger partial charge in [-0.05, 0) is 28.1 Å². The van der Waals surface area contributed by atoms with Crippen molar-refractivity contribution in [3.63, 3.8) is 0 Å². The van der Waals surface area contributed by atoms with E-state index in [4.69, 9.17) is 20.3 Å². The number of thiophene rings is 1. The van der Waals surface area contributed by atoms with Gasteiger partial charge in [0.05, 0.1) is 11.1 Å². The largest absolute Gasteiger partial charge is 0.489 e. The molecule has 15 heteroatoms. The van der Waals surface area contributed by atoms with Crippen LogP contribution in [0.5, 0.6) is 5.75 Å². The average molecular weight is 530 g/mol. The lowest BCUT2D eigenvalue weighted by Gasteiger charge is -2.16. The molecular weight excluding hydrogens is 519 g/mol. The molecule has 0 aliphatic heterocycles. The second kappa shape index (κ2) is 8.06. The summed E-state index contributed by atoms with van der Waals surface area (Å²) in [5.41, 5.74) is 0.208. The minimum atomic E-state index is -5.94. The molecule has 0 radical (unpaired) electrons. The maximum absolute atomic E-state index is 14.2. The highest BCUT2D eigenvalue weighted by Crippen LogP contribution is 2.63. The topological polar surface area (TPSA) is 110 Å². The summed E-state index contributed by atoms with van der Waals surface area (Å²) in [5.74, 6) is -1.50. The fraction of sp³-hybridized carbons (Fsp3) is 0.357. The van der Waals surface area contributed by atoms with E-state index in [0.29, 0.717) is 0 Å². The van der Waals surface area contributed by atoms with Crippen molar-refractivity contribution in [1.82, 2.24) is 0 Å². The number of ether oxygens (including phenoxy) is 1. The molecule has 0 aliphatic rings. The van der Waals surface area contributed by atoms with Crippen molar-refractivity contribution in [2.45, 2.75) is 24.4 Å². The molecule has 29 heavy (non-hydrogen) atoms. The maximum Gasteiger partial charge on any atom is 0.400 e. The molecule has 0 fully saturated rings. The van der Waals surface area contributed by atoms with E-state index < -0.39 is 59.6 Å². The second-order valence-corrected chi connectivity index (χ2v) is 9.24. The van der Waals surface area contributed by atoms with E-state index in [1.807, 2.05) is 0 Å². The standard InChI is InChI=1S/C14H11BrF6NO5PS/c15-9-7-1-5(12(22)23)2-8(27-4-6(16)3-13(17,18)19)10(7)29-11(9)14(20,21)28(24,25)26/h1-2,6H,3-4H2,(H2,22,23)(H2,24,25,26). The Kier molecular flexibility index (Phi) is 6.65. The summed E-state index contributed by atoms with van der Waals surface area (Å²) in [6.07, 6.45) is -9.11. The van der Waals surface area contributed by atoms with Gasteiger partial charge in [-0.2, -0.15) is 22.0 Å². The van der Waals surface area contributed by atoms with E-state index in [1.54, 1.807) is 0 Å². The molecule has 6 nitrogen and oxygen atoms in total. The molecular formula is C14H11BrF6NO5PS. The van der Waals surface area contributed by atoms with E-state index >= 15 is 0 Å². The van der Waals surface area contributed by atoms with Gasteiger partial charge in [-0.3, -0.25) is 9.36 Å². The number of primary amides is 1. The molecule has 4 N–H and O–H groups in total. The number of carbonyl (C=O) groups is 1. The van der Waals surface area contributed by atoms with Crippen molar-refractivity contribution >= 4 is 50.9 Å². The van der Waals surface area contributed by atoms with Crippen molar-refractivity contribution < 1.29 is 50.2 Å². The summed E-state index contributed by atoms with van der Waals surface area (Å²) in [7, 11) is -5.94. The summed E-state index contributed by atoms with van der Waals surface area (Å²) >= 11 is 2.93. The van der Waals surface area contributed by atoms with Crippen LogP contribution in [0.15, 0.2) is 16.6 Å². The van der Waals surface area contributed by atoms with Gasteiger partial charge in [0.1, 0.15) is 23.4 Å². The zero-order valence-corrected chi connectivity index (χ0v) is 17.1. The zero-order chi connectivity index (χ0) is 22.4. The van der Waals surface area contributed by atoms with Crippen LogP contribution in [0.4, 0.5) is 26.3 Å². The van der Waals surface area contributed by atoms with Crippen molar-refractivity contribution in [3.05, 3.63) is 27.0 Å². The first kappa shape index (κ1) is 23.9. The Morgan fingerprint density at radius 1 is 1.28 bits per heavy atom. The summed E-state index contributed by atoms with van der Waals surface area (Å²) in [6, 6.07) is 1.93. The molecule has 162 valence electrons. The van der Waals surface area contributed by atoms with Crippen molar-refractivity contribution in [3.8, 4) is 5.75 Å². The molecule has 0 bridgehead atoms. The number of fused-ring (bicyclic) bond motifs is 1. The summed E-state index contributed by atoms with van der Waals surface area (Å²) in [5, 5.41) is -0.171. The molecule has 2 rings (SSSR count). The van der Waals surface area contributed by atoms with Crippen LogP contribution in [0.1, 0.15) is 21.7 Å². The van der Waals surface area contributed by atoms with Crippen molar-refractivity contribution in [2.24, 2.45) is 5.73 Å². The van der Waals surface area contributed by atoms with E-state index in [2.05, 4.69) is 15.9 Å². The number of alkyl halides is 6. The first-order chi connectivity index (χ1) is 13.0. The minimum absolute atomic E-state index is 0.159. The fourth-order valence-electron chi connectivity index (χ4n) is 2.21. The molecule has 1 aromatic carbocycles. The Labute approximate surface area is 170 Å². The van der Waals surface area contributed by atoms with Crippen molar-refractivity contribution in [1.29, 1.82) is 0 Å². The molecule has 1 aromatic heterocycles. The first-order valence-corrected chi connectivity index (χ1v) is 10.6. The van der Waals surface area contributed by atoms with Crippen LogP contribution < -0.4 is 10.5 Å². The fourth-order valence-corrected chi connectivity index (χ4v) is 5.18. The number of halogens is 7. The van der Waals surface area contributed by atoms with Gasteiger partial charge < -0.3 is 20.3 Å². The van der Waals surface area contributed by atoms with Crippen LogP contribution in [0, 0.1) is 0 Å². The number of carbonyl (C=O) groups excluding carboxylic acids is 1. The van der Waals surface area contributed by atoms with Crippen LogP contribution in [-0.2, 0) is 10.2 Å². The van der Waals surface area contributed by atoms with Crippen LogP contribution in [0.25, 0.3) is 10.1 Å². The first-order valence-electron chi connectivity index (χ1n) is 7.38. The molecule has 1 atom stereocenters. The third kappa shape index (κ3) is 5.23. The molecule has 1 heterocycles. The summed E-state index contributed by atoms with van der Waals surface area (Å²) in [4.78, 5) is 28.2. The van der Waals surface area contributed by atoms with Gasteiger partial charge in [0.2, 0.25) is 5.91 Å². The Morgan fingerprint density at radius 3 is 2.34 bits per heavy atom. The van der Waals surface area contributed by atoms with Gasteiger partial charge in [0.25, 0.3) is 0 Å². The van der Waals surface area contributed by atoms with E-state index in [0.717, 1.165) is 12.1 Å². The molecule has 0 spiro atoms. The summed E-state index contributed by atoms with van der Waals surface area (Å²) < 4.78 is 93.9. The minimum Gasteiger partial charge on any atom is -0.489 e. The predicted octanol–water partition coefficient (Wildman–Crippen LogP) is 4.66. The van der Waals surface area contributed by atoms with Crippen LogP contribution in [-0.4, -0.2) is 34.6 Å². The predicted molar refractivity (Wildman–Crippen MR) is 95.0 cm³/mol. The average Bonchev–Trinajstić information content (AvgIpc) is 2.87. The normalized spacial score (nSPS) is 14.2. The van der Waals surface area contributed by atoms with Gasteiger partial charge in [-0.1, -0.05) is 0 Å². The quantitative estimate of drug-likeness (QED) is 0.357. The molecule has 2 aromatic rings. The monoisotopic (exact) mass is 529 g/mol. The van der Waals surface area contributed by atoms with Gasteiger partial charge in [-0.25, -0.2) is 4.39 Å². The Balaban J connectivity index is 2.56. The van der Waals surface area contributed by atoms with E-state index in [-0.39, 0.29) is 27.0 Å². The lowest BCUT2D eigenvalue weighted by Crippen LogP contribution is -2.22. The SMILES string of the molecule is NC(=O)c1cc(OCC(F)CC(F)(F)F)c2sc(C(F)(F)P(=O)(O)O)c(Br)c2c1. The van der Waals surface area contributed by atoms with Crippen molar-refractivity contribution in [2.75, 3.05) is 6.61 Å². The number of benzene rings is 1. The third-order valence-electron chi connectivity index (χ3n) is 3.49. The zero-order valence-electron chi connectivity index (χ0n) is 13.8. The van der Waals surface area contributed by atoms with Gasteiger partial charge >= 0.3 is 19.4 Å². The van der Waals surface area contributed by atoms with Gasteiger partial charge in [-0.15, -0.1) is 11.3 Å². The molecule has 0 saturated carbocycles.